The molecule has 1 aliphatic heterocycles. The van der Waals surface area contributed by atoms with Crippen LogP contribution >= 0.6 is 0 Å². The van der Waals surface area contributed by atoms with Gasteiger partial charge in [0, 0.05) is 31.1 Å². The highest BCUT2D eigenvalue weighted by Crippen LogP contribution is 2.36. The molecule has 1 fully saturated rings. The molecule has 32 heavy (non-hydrogen) atoms. The van der Waals surface area contributed by atoms with Crippen LogP contribution in [0.15, 0.2) is 54.6 Å². The van der Waals surface area contributed by atoms with Gasteiger partial charge in [0.15, 0.2) is 0 Å². The normalized spacial score (nSPS) is 19.0. The largest absolute Gasteiger partial charge is 0.416 e. The second kappa shape index (κ2) is 9.22. The summed E-state index contributed by atoms with van der Waals surface area (Å²) in [6, 6.07) is 14.0. The molecule has 2 N–H and O–H groups in total. The molecule has 0 aromatic heterocycles. The van der Waals surface area contributed by atoms with Crippen LogP contribution in [-0.2, 0) is 17.5 Å². The lowest BCUT2D eigenvalue weighted by atomic mass is 9.87. The minimum Gasteiger partial charge on any atom is -0.352 e. The highest BCUT2D eigenvalue weighted by Gasteiger charge is 2.41. The fourth-order valence-corrected chi connectivity index (χ4v) is 3.83. The van der Waals surface area contributed by atoms with E-state index in [0.717, 1.165) is 17.7 Å². The topological polar surface area (TPSA) is 61.4 Å². The van der Waals surface area contributed by atoms with Gasteiger partial charge in [0.05, 0.1) is 11.5 Å². The lowest BCUT2D eigenvalue weighted by Gasteiger charge is -2.25. The average molecular weight is 448 g/mol. The zero-order valence-corrected chi connectivity index (χ0v) is 18.4. The van der Waals surface area contributed by atoms with Crippen LogP contribution in [0, 0.1) is 5.92 Å². The molecule has 1 heterocycles. The Morgan fingerprint density at radius 3 is 2.31 bits per heavy atom. The van der Waals surface area contributed by atoms with Gasteiger partial charge in [-0.3, -0.25) is 4.79 Å². The summed E-state index contributed by atoms with van der Waals surface area (Å²) in [6.45, 7) is 6.12. The Hall–Kier alpha value is -3.03. The van der Waals surface area contributed by atoms with Crippen molar-refractivity contribution in [1.29, 1.82) is 0 Å². The van der Waals surface area contributed by atoms with E-state index in [-0.39, 0.29) is 25.0 Å². The predicted octanol–water partition coefficient (Wildman–Crippen LogP) is 4.55. The van der Waals surface area contributed by atoms with Gasteiger partial charge in [-0.25, -0.2) is 4.79 Å². The van der Waals surface area contributed by atoms with E-state index in [4.69, 9.17) is 0 Å². The van der Waals surface area contributed by atoms with Crippen LogP contribution in [0.4, 0.5) is 18.0 Å². The Kier molecular flexibility index (Phi) is 6.81. The van der Waals surface area contributed by atoms with Gasteiger partial charge >= 0.3 is 12.2 Å². The molecule has 172 valence electrons. The van der Waals surface area contributed by atoms with E-state index in [1.807, 2.05) is 51.1 Å². The Labute approximate surface area is 186 Å². The van der Waals surface area contributed by atoms with Crippen molar-refractivity contribution in [2.75, 3.05) is 13.1 Å². The Bertz CT molecular complexity index is 955. The molecule has 1 saturated heterocycles. The molecular weight excluding hydrogens is 419 g/mol. The molecule has 0 spiro atoms. The maximum absolute atomic E-state index is 13.3. The molecule has 8 heteroatoms. The number of rotatable bonds is 4. The highest BCUT2D eigenvalue weighted by molar-refractivity contribution is 5.83. The average Bonchev–Trinajstić information content (AvgIpc) is 3.17. The van der Waals surface area contributed by atoms with Gasteiger partial charge in [-0.05, 0) is 38.0 Å². The summed E-state index contributed by atoms with van der Waals surface area (Å²) in [5.74, 6) is -1.49. The van der Waals surface area contributed by atoms with Gasteiger partial charge in [0.2, 0.25) is 5.91 Å². The lowest BCUT2D eigenvalue weighted by Crippen LogP contribution is -2.48. The van der Waals surface area contributed by atoms with Gasteiger partial charge in [-0.15, -0.1) is 0 Å². The first-order valence-corrected chi connectivity index (χ1v) is 10.5. The summed E-state index contributed by atoms with van der Waals surface area (Å²) in [5, 5.41) is 5.74. The van der Waals surface area contributed by atoms with E-state index in [0.29, 0.717) is 12.1 Å². The van der Waals surface area contributed by atoms with Gasteiger partial charge in [-0.2, -0.15) is 13.2 Å². The number of halogens is 3. The van der Waals surface area contributed by atoms with Crippen molar-refractivity contribution >= 4 is 11.9 Å². The summed E-state index contributed by atoms with van der Waals surface area (Å²) in [7, 11) is 0. The number of urea groups is 1. The third-order valence-corrected chi connectivity index (χ3v) is 5.38. The van der Waals surface area contributed by atoms with Gasteiger partial charge in [-0.1, -0.05) is 48.5 Å². The van der Waals surface area contributed by atoms with E-state index < -0.39 is 29.1 Å². The third kappa shape index (κ3) is 6.02. The van der Waals surface area contributed by atoms with E-state index in [9.17, 15) is 22.8 Å². The molecule has 3 amide bonds. The second-order valence-corrected chi connectivity index (χ2v) is 9.12. The van der Waals surface area contributed by atoms with Crippen molar-refractivity contribution in [3.63, 3.8) is 0 Å². The fraction of sp³-hybridized carbons (Fsp3) is 0.417. The number of nitrogens with zero attached hydrogens (tertiary/aromatic N) is 1. The summed E-state index contributed by atoms with van der Waals surface area (Å²) in [4.78, 5) is 27.3. The Balaban J connectivity index is 1.83. The van der Waals surface area contributed by atoms with Crippen molar-refractivity contribution in [3.8, 4) is 0 Å². The van der Waals surface area contributed by atoms with Crippen LogP contribution in [-0.4, -0.2) is 35.5 Å². The SMILES string of the molecule is CC(C)(C)NC(=O)N1CC(C(=O)NCc2ccccc2)C(c2cccc(C(F)(F)F)c2)C1. The van der Waals surface area contributed by atoms with Gasteiger partial charge in [0.25, 0.3) is 0 Å². The number of carbonyl (C=O) groups excluding carboxylic acids is 2. The Morgan fingerprint density at radius 2 is 1.69 bits per heavy atom. The standard InChI is InChI=1S/C24H28F3N3O2/c1-23(2,3)29-22(32)30-14-19(17-10-7-11-18(12-17)24(25,26)27)20(15-30)21(31)28-13-16-8-5-4-6-9-16/h4-12,19-20H,13-15H2,1-3H3,(H,28,31)(H,29,32). The zero-order valence-electron chi connectivity index (χ0n) is 18.4. The molecule has 0 bridgehead atoms. The predicted molar refractivity (Wildman–Crippen MR) is 116 cm³/mol. The molecule has 0 aliphatic carbocycles. The van der Waals surface area contributed by atoms with Crippen molar-refractivity contribution < 1.29 is 22.8 Å². The molecule has 3 rings (SSSR count). The lowest BCUT2D eigenvalue weighted by molar-refractivity contribution is -0.137. The number of hydrogen-bond acceptors (Lipinski definition) is 2. The number of likely N-dealkylation sites (tertiary alicyclic amines) is 1. The second-order valence-electron chi connectivity index (χ2n) is 9.12. The summed E-state index contributed by atoms with van der Waals surface area (Å²) in [5.41, 5.74) is 0.0646. The molecular formula is C24H28F3N3O2. The highest BCUT2D eigenvalue weighted by atomic mass is 19.4. The van der Waals surface area contributed by atoms with Crippen LogP contribution < -0.4 is 10.6 Å². The minimum atomic E-state index is -4.48. The van der Waals surface area contributed by atoms with E-state index in [1.54, 1.807) is 6.07 Å². The van der Waals surface area contributed by atoms with E-state index in [2.05, 4.69) is 10.6 Å². The molecule has 0 radical (unpaired) electrons. The molecule has 2 aromatic carbocycles. The monoisotopic (exact) mass is 447 g/mol. The van der Waals surface area contributed by atoms with E-state index in [1.165, 1.54) is 11.0 Å². The maximum atomic E-state index is 13.3. The van der Waals surface area contributed by atoms with Crippen molar-refractivity contribution in [2.45, 2.75) is 44.9 Å². The van der Waals surface area contributed by atoms with Gasteiger partial charge < -0.3 is 15.5 Å². The molecule has 2 aromatic rings. The number of nitrogens with one attached hydrogen (secondary N) is 2. The number of benzene rings is 2. The molecule has 0 saturated carbocycles. The van der Waals surface area contributed by atoms with Gasteiger partial charge in [0.1, 0.15) is 0 Å². The molecule has 2 unspecified atom stereocenters. The quantitative estimate of drug-likeness (QED) is 0.723. The van der Waals surface area contributed by atoms with Crippen molar-refractivity contribution in [3.05, 3.63) is 71.3 Å². The summed E-state index contributed by atoms with van der Waals surface area (Å²) < 4.78 is 39.8. The fourth-order valence-electron chi connectivity index (χ4n) is 3.83. The van der Waals surface area contributed by atoms with Crippen LogP contribution in [0.2, 0.25) is 0 Å². The van der Waals surface area contributed by atoms with Crippen molar-refractivity contribution in [2.24, 2.45) is 5.92 Å². The minimum absolute atomic E-state index is 0.128. The van der Waals surface area contributed by atoms with Crippen molar-refractivity contribution in [1.82, 2.24) is 15.5 Å². The molecule has 2 atom stereocenters. The summed E-state index contributed by atoms with van der Waals surface area (Å²) >= 11 is 0. The first kappa shape index (κ1) is 23.6. The first-order chi connectivity index (χ1) is 14.9. The number of amides is 3. The Morgan fingerprint density at radius 1 is 1.00 bits per heavy atom. The van der Waals surface area contributed by atoms with E-state index >= 15 is 0 Å². The van der Waals surface area contributed by atoms with Crippen LogP contribution in [0.5, 0.6) is 0 Å². The number of alkyl halides is 3. The number of carbonyl (C=O) groups is 2. The number of hydrogen-bond donors (Lipinski definition) is 2. The van der Waals surface area contributed by atoms with Crippen LogP contribution in [0.1, 0.15) is 43.4 Å². The first-order valence-electron chi connectivity index (χ1n) is 10.5. The molecule has 5 nitrogen and oxygen atoms in total. The zero-order chi connectivity index (χ0) is 23.5. The van der Waals surface area contributed by atoms with Crippen LogP contribution in [0.25, 0.3) is 0 Å². The maximum Gasteiger partial charge on any atom is 0.416 e. The smallest absolute Gasteiger partial charge is 0.352 e. The molecule has 1 aliphatic rings. The van der Waals surface area contributed by atoms with Crippen LogP contribution in [0.3, 0.4) is 0 Å². The third-order valence-electron chi connectivity index (χ3n) is 5.38. The summed E-state index contributed by atoms with van der Waals surface area (Å²) in [6.07, 6.45) is -4.48.